The topological polar surface area (TPSA) is 140 Å². The van der Waals surface area contributed by atoms with Crippen molar-refractivity contribution in [3.8, 4) is 0 Å². The van der Waals surface area contributed by atoms with E-state index < -0.39 is 4.92 Å². The van der Waals surface area contributed by atoms with Gasteiger partial charge in [0.05, 0.1) is 50.2 Å². The Bertz CT molecular complexity index is 858. The maximum absolute atomic E-state index is 11.6. The Morgan fingerprint density at radius 1 is 0.897 bits per heavy atom. The van der Waals surface area contributed by atoms with E-state index in [0.717, 1.165) is 0 Å². The predicted molar refractivity (Wildman–Crippen MR) is 109 cm³/mol. The lowest BCUT2D eigenvalue weighted by molar-refractivity contribution is -0.383. The molecule has 12 heteroatoms. The number of hydrogen-bond donors (Lipinski definition) is 4. The number of rotatable bonds is 13. The van der Waals surface area contributed by atoms with E-state index in [1.807, 2.05) is 0 Å². The molecule has 1 aromatic carbocycles. The lowest BCUT2D eigenvalue weighted by Crippen LogP contribution is -2.33. The standard InChI is InChI=1S/C17H27N5O6S/c23-8-4-18(5-9-24)12-20-14-2-1-3-15(22(27)28)16(14)21(17(20)29)13-19(6-10-25)7-11-26/h1-3,23-26H,4-13H2. The maximum atomic E-state index is 11.6. The molecule has 1 heterocycles. The highest BCUT2D eigenvalue weighted by atomic mass is 32.1. The van der Waals surface area contributed by atoms with Gasteiger partial charge in [0, 0.05) is 32.2 Å². The zero-order chi connectivity index (χ0) is 21.4. The molecule has 11 nitrogen and oxygen atoms in total. The van der Waals surface area contributed by atoms with Gasteiger partial charge in [-0.2, -0.15) is 0 Å². The molecule has 0 aliphatic rings. The number of para-hydroxylation sites is 1. The maximum Gasteiger partial charge on any atom is 0.295 e. The molecule has 0 unspecified atom stereocenters. The number of aliphatic hydroxyl groups excluding tert-OH is 4. The van der Waals surface area contributed by atoms with Crippen molar-refractivity contribution in [3.05, 3.63) is 33.1 Å². The fourth-order valence-electron chi connectivity index (χ4n) is 3.25. The van der Waals surface area contributed by atoms with Gasteiger partial charge in [-0.1, -0.05) is 6.07 Å². The SMILES string of the molecule is O=[N+]([O-])c1cccc2c1n(CN(CCO)CCO)c(=S)n2CN(CCO)CCO. The third-order valence-electron chi connectivity index (χ3n) is 4.56. The van der Waals surface area contributed by atoms with Gasteiger partial charge < -0.3 is 25.0 Å². The summed E-state index contributed by atoms with van der Waals surface area (Å²) in [5.74, 6) is 0. The van der Waals surface area contributed by atoms with Gasteiger partial charge in [-0.25, -0.2) is 0 Å². The van der Waals surface area contributed by atoms with E-state index in [4.69, 9.17) is 12.2 Å². The number of nitro groups is 1. The predicted octanol–water partition coefficient (Wildman–Crippen LogP) is -0.431. The molecule has 0 saturated heterocycles. The summed E-state index contributed by atoms with van der Waals surface area (Å²) in [6.07, 6.45) is 0. The van der Waals surface area contributed by atoms with E-state index in [2.05, 4.69) is 0 Å². The van der Waals surface area contributed by atoms with E-state index >= 15 is 0 Å². The third kappa shape index (κ3) is 5.57. The van der Waals surface area contributed by atoms with Gasteiger partial charge in [0.2, 0.25) is 0 Å². The molecule has 1 aromatic heterocycles. The van der Waals surface area contributed by atoms with Crippen LogP contribution in [0.3, 0.4) is 0 Å². The summed E-state index contributed by atoms with van der Waals surface area (Å²) in [6, 6.07) is 4.71. The molecule has 0 atom stereocenters. The molecule has 2 aromatic rings. The van der Waals surface area contributed by atoms with Crippen molar-refractivity contribution in [2.24, 2.45) is 0 Å². The van der Waals surface area contributed by atoms with Crippen LogP contribution >= 0.6 is 12.2 Å². The molecule has 0 aliphatic heterocycles. The lowest BCUT2D eigenvalue weighted by Gasteiger charge is -2.22. The fraction of sp³-hybridized carbons (Fsp3) is 0.588. The van der Waals surface area contributed by atoms with E-state index in [0.29, 0.717) is 28.9 Å². The molecular formula is C17H27N5O6S. The highest BCUT2D eigenvalue weighted by Gasteiger charge is 2.22. The van der Waals surface area contributed by atoms with Crippen LogP contribution in [0.25, 0.3) is 11.0 Å². The molecule has 0 fully saturated rings. The number of aromatic nitrogens is 2. The van der Waals surface area contributed by atoms with Gasteiger partial charge in [-0.05, 0) is 18.3 Å². The van der Waals surface area contributed by atoms with Gasteiger partial charge in [0.15, 0.2) is 4.77 Å². The molecule has 2 rings (SSSR count). The summed E-state index contributed by atoms with van der Waals surface area (Å²) < 4.78 is 3.67. The number of benzene rings is 1. The Kier molecular flexibility index (Phi) is 9.10. The van der Waals surface area contributed by atoms with Crippen LogP contribution in [0, 0.1) is 14.9 Å². The van der Waals surface area contributed by atoms with Crippen LogP contribution in [0.15, 0.2) is 18.2 Å². The summed E-state index contributed by atoms with van der Waals surface area (Å²) in [7, 11) is 0. The second kappa shape index (κ2) is 11.3. The number of fused-ring (bicyclic) bond motifs is 1. The number of hydrogen-bond acceptors (Lipinski definition) is 9. The van der Waals surface area contributed by atoms with E-state index in [1.165, 1.54) is 6.07 Å². The van der Waals surface area contributed by atoms with Crippen molar-refractivity contribution in [2.45, 2.75) is 13.3 Å². The summed E-state index contributed by atoms with van der Waals surface area (Å²) in [4.78, 5) is 14.7. The summed E-state index contributed by atoms with van der Waals surface area (Å²) in [5.41, 5.74) is 0.797. The zero-order valence-electron chi connectivity index (χ0n) is 16.1. The van der Waals surface area contributed by atoms with Crippen molar-refractivity contribution >= 4 is 28.9 Å². The Morgan fingerprint density at radius 3 is 1.83 bits per heavy atom. The van der Waals surface area contributed by atoms with E-state index in [9.17, 15) is 30.5 Å². The van der Waals surface area contributed by atoms with Crippen LogP contribution in [0.1, 0.15) is 0 Å². The Hall–Kier alpha value is -1.93. The van der Waals surface area contributed by atoms with Crippen LogP contribution < -0.4 is 0 Å². The monoisotopic (exact) mass is 429 g/mol. The molecule has 162 valence electrons. The zero-order valence-corrected chi connectivity index (χ0v) is 16.9. The third-order valence-corrected chi connectivity index (χ3v) is 5.00. The van der Waals surface area contributed by atoms with Crippen molar-refractivity contribution in [3.63, 3.8) is 0 Å². The van der Waals surface area contributed by atoms with Crippen LogP contribution in [0.4, 0.5) is 5.69 Å². The minimum atomic E-state index is -0.473. The summed E-state index contributed by atoms with van der Waals surface area (Å²) in [5, 5.41) is 48.7. The van der Waals surface area contributed by atoms with Crippen LogP contribution in [0.5, 0.6) is 0 Å². The van der Waals surface area contributed by atoms with Gasteiger partial charge in [-0.3, -0.25) is 24.5 Å². The highest BCUT2D eigenvalue weighted by Crippen LogP contribution is 2.28. The first-order valence-corrected chi connectivity index (χ1v) is 9.63. The van der Waals surface area contributed by atoms with Crippen molar-refractivity contribution in [2.75, 3.05) is 52.6 Å². The van der Waals surface area contributed by atoms with E-state index in [-0.39, 0.29) is 58.5 Å². The number of non-ortho nitro benzene ring substituents is 1. The Labute approximate surface area is 172 Å². The van der Waals surface area contributed by atoms with Gasteiger partial charge in [0.1, 0.15) is 5.52 Å². The van der Waals surface area contributed by atoms with Crippen molar-refractivity contribution < 1.29 is 25.3 Å². The van der Waals surface area contributed by atoms with E-state index in [1.54, 1.807) is 31.1 Å². The van der Waals surface area contributed by atoms with Crippen LogP contribution in [-0.4, -0.2) is 96.9 Å². The van der Waals surface area contributed by atoms with Gasteiger partial charge in [0.25, 0.3) is 5.69 Å². The normalized spacial score (nSPS) is 11.8. The molecule has 29 heavy (non-hydrogen) atoms. The average Bonchev–Trinajstić information content (AvgIpc) is 2.94. The van der Waals surface area contributed by atoms with Crippen molar-refractivity contribution in [1.82, 2.24) is 18.9 Å². The first-order valence-electron chi connectivity index (χ1n) is 9.23. The molecule has 0 amide bonds. The molecule has 0 radical (unpaired) electrons. The molecule has 0 aliphatic carbocycles. The second-order valence-electron chi connectivity index (χ2n) is 6.45. The first-order chi connectivity index (χ1) is 14.0. The van der Waals surface area contributed by atoms with Gasteiger partial charge in [-0.15, -0.1) is 0 Å². The molecule has 0 spiro atoms. The number of aliphatic hydroxyl groups is 4. The molecule has 0 bridgehead atoms. The number of nitro benzene ring substituents is 1. The highest BCUT2D eigenvalue weighted by molar-refractivity contribution is 7.71. The Balaban J connectivity index is 2.61. The summed E-state index contributed by atoms with van der Waals surface area (Å²) in [6.45, 7) is 1.10. The Morgan fingerprint density at radius 2 is 1.38 bits per heavy atom. The minimum Gasteiger partial charge on any atom is -0.395 e. The van der Waals surface area contributed by atoms with Crippen LogP contribution in [0.2, 0.25) is 0 Å². The summed E-state index contributed by atoms with van der Waals surface area (Å²) >= 11 is 5.61. The quantitative estimate of drug-likeness (QED) is 0.190. The molecular weight excluding hydrogens is 402 g/mol. The minimum absolute atomic E-state index is 0.101. The second-order valence-corrected chi connectivity index (χ2v) is 6.82. The smallest absolute Gasteiger partial charge is 0.295 e. The van der Waals surface area contributed by atoms with Gasteiger partial charge >= 0.3 is 0 Å². The van der Waals surface area contributed by atoms with Crippen LogP contribution in [-0.2, 0) is 13.3 Å². The van der Waals surface area contributed by atoms with Crippen molar-refractivity contribution in [1.29, 1.82) is 0 Å². The first kappa shape index (κ1) is 23.3. The number of nitrogens with zero attached hydrogens (tertiary/aromatic N) is 5. The number of imidazole rings is 1. The largest absolute Gasteiger partial charge is 0.395 e. The fourth-order valence-corrected chi connectivity index (χ4v) is 3.55. The lowest BCUT2D eigenvalue weighted by atomic mass is 10.2. The average molecular weight is 429 g/mol. The molecule has 0 saturated carbocycles. The molecule has 4 N–H and O–H groups in total.